The van der Waals surface area contributed by atoms with Crippen molar-refractivity contribution in [2.75, 3.05) is 11.4 Å². The Morgan fingerprint density at radius 1 is 1.14 bits per heavy atom. The highest BCUT2D eigenvalue weighted by Gasteiger charge is 2.34. The molecule has 1 aromatic carbocycles. The van der Waals surface area contributed by atoms with E-state index in [4.69, 9.17) is 0 Å². The molecule has 2 N–H and O–H groups in total. The molecule has 1 saturated carbocycles. The van der Waals surface area contributed by atoms with Gasteiger partial charge in [0, 0.05) is 23.7 Å². The lowest BCUT2D eigenvalue weighted by molar-refractivity contribution is -0.137. The number of benzene rings is 1. The third kappa shape index (κ3) is 3.41. The SMILES string of the molecule is Cc1cc(C(F)(F)F)cc(O)c1-c1cc2c(nn1)N([C@@H]1CCC[C@H](O)C1)CC2. The summed E-state index contributed by atoms with van der Waals surface area (Å²) in [5.74, 6) is 0.318. The van der Waals surface area contributed by atoms with Crippen LogP contribution >= 0.6 is 0 Å². The van der Waals surface area contributed by atoms with E-state index in [2.05, 4.69) is 15.1 Å². The molecule has 0 radical (unpaired) electrons. The van der Waals surface area contributed by atoms with Gasteiger partial charge < -0.3 is 15.1 Å². The molecule has 2 aromatic rings. The Labute approximate surface area is 160 Å². The number of aryl methyl sites for hydroxylation is 1. The molecule has 0 bridgehead atoms. The average molecular weight is 393 g/mol. The summed E-state index contributed by atoms with van der Waals surface area (Å²) in [5.41, 5.74) is 1.01. The summed E-state index contributed by atoms with van der Waals surface area (Å²) in [6, 6.07) is 3.77. The predicted molar refractivity (Wildman–Crippen MR) is 98.2 cm³/mol. The summed E-state index contributed by atoms with van der Waals surface area (Å²) in [5, 5.41) is 28.7. The molecule has 0 amide bonds. The maximum Gasteiger partial charge on any atom is 0.416 e. The number of aromatic nitrogens is 2. The largest absolute Gasteiger partial charge is 0.507 e. The summed E-state index contributed by atoms with van der Waals surface area (Å²) in [6.45, 7) is 2.30. The first-order chi connectivity index (χ1) is 13.2. The molecule has 150 valence electrons. The Morgan fingerprint density at radius 3 is 2.61 bits per heavy atom. The van der Waals surface area contributed by atoms with Crippen molar-refractivity contribution in [1.82, 2.24) is 10.2 Å². The molecular formula is C20H22F3N3O2. The average Bonchev–Trinajstić information content (AvgIpc) is 3.03. The van der Waals surface area contributed by atoms with Crippen LogP contribution in [0.2, 0.25) is 0 Å². The van der Waals surface area contributed by atoms with Crippen LogP contribution in [-0.2, 0) is 12.6 Å². The van der Waals surface area contributed by atoms with Crippen LogP contribution in [-0.4, -0.2) is 39.1 Å². The van der Waals surface area contributed by atoms with Crippen LogP contribution in [0.25, 0.3) is 11.3 Å². The van der Waals surface area contributed by atoms with Crippen molar-refractivity contribution in [2.45, 2.75) is 57.3 Å². The van der Waals surface area contributed by atoms with E-state index in [0.717, 1.165) is 55.7 Å². The topological polar surface area (TPSA) is 69.5 Å². The van der Waals surface area contributed by atoms with Crippen molar-refractivity contribution < 1.29 is 23.4 Å². The number of aliphatic hydroxyl groups excluding tert-OH is 1. The van der Waals surface area contributed by atoms with Crippen LogP contribution in [0.1, 0.15) is 42.4 Å². The van der Waals surface area contributed by atoms with E-state index in [1.54, 1.807) is 6.07 Å². The molecule has 1 fully saturated rings. The van der Waals surface area contributed by atoms with Crippen molar-refractivity contribution in [3.05, 3.63) is 34.9 Å². The molecule has 4 rings (SSSR count). The monoisotopic (exact) mass is 393 g/mol. The molecule has 1 aliphatic carbocycles. The van der Waals surface area contributed by atoms with Gasteiger partial charge >= 0.3 is 6.18 Å². The minimum atomic E-state index is -4.52. The number of rotatable bonds is 2. The van der Waals surface area contributed by atoms with Crippen molar-refractivity contribution in [3.8, 4) is 17.0 Å². The molecule has 5 nitrogen and oxygen atoms in total. The molecule has 8 heteroatoms. The number of anilines is 1. The summed E-state index contributed by atoms with van der Waals surface area (Å²) in [6.07, 6.45) is -0.543. The standard InChI is InChI=1S/C20H22F3N3O2/c1-11-7-13(20(21,22)23)9-17(28)18(11)16-8-12-5-6-26(19(12)25-24-16)14-3-2-4-15(27)10-14/h7-9,14-15,27-28H,2-6,10H2,1H3/t14-,15+/m1/s1. The van der Waals surface area contributed by atoms with Crippen LogP contribution in [0.15, 0.2) is 18.2 Å². The first kappa shape index (κ1) is 19.0. The van der Waals surface area contributed by atoms with Gasteiger partial charge in [0.1, 0.15) is 5.75 Å². The van der Waals surface area contributed by atoms with Gasteiger partial charge in [-0.1, -0.05) is 0 Å². The van der Waals surface area contributed by atoms with Crippen molar-refractivity contribution in [3.63, 3.8) is 0 Å². The van der Waals surface area contributed by atoms with Crippen LogP contribution in [0.4, 0.5) is 19.0 Å². The van der Waals surface area contributed by atoms with Crippen LogP contribution in [0, 0.1) is 6.92 Å². The normalized spacial score (nSPS) is 22.4. The van der Waals surface area contributed by atoms with E-state index in [0.29, 0.717) is 17.7 Å². The fraction of sp³-hybridized carbons (Fsp3) is 0.500. The lowest BCUT2D eigenvalue weighted by Gasteiger charge is -2.34. The number of nitrogens with zero attached hydrogens (tertiary/aromatic N) is 3. The van der Waals surface area contributed by atoms with E-state index >= 15 is 0 Å². The molecule has 0 unspecified atom stereocenters. The number of phenols is 1. The first-order valence-electron chi connectivity index (χ1n) is 9.46. The fourth-order valence-electron chi connectivity index (χ4n) is 4.36. The van der Waals surface area contributed by atoms with E-state index in [9.17, 15) is 23.4 Å². The molecule has 0 spiro atoms. The van der Waals surface area contributed by atoms with Gasteiger partial charge in [-0.25, -0.2) is 0 Å². The van der Waals surface area contributed by atoms with E-state index in [1.807, 2.05) is 0 Å². The zero-order valence-electron chi connectivity index (χ0n) is 15.5. The van der Waals surface area contributed by atoms with Gasteiger partial charge in [-0.05, 0) is 62.8 Å². The predicted octanol–water partition coefficient (Wildman–Crippen LogP) is 3.84. The third-order valence-corrected chi connectivity index (χ3v) is 5.70. The number of aliphatic hydroxyl groups is 1. The Morgan fingerprint density at radius 2 is 1.93 bits per heavy atom. The van der Waals surface area contributed by atoms with Crippen molar-refractivity contribution in [2.24, 2.45) is 0 Å². The molecule has 2 aliphatic rings. The van der Waals surface area contributed by atoms with E-state index < -0.39 is 17.5 Å². The number of alkyl halides is 3. The van der Waals surface area contributed by atoms with Gasteiger partial charge in [-0.3, -0.25) is 0 Å². The minimum absolute atomic E-state index is 0.228. The lowest BCUT2D eigenvalue weighted by Crippen LogP contribution is -2.39. The fourth-order valence-corrected chi connectivity index (χ4v) is 4.36. The molecule has 0 saturated heterocycles. The van der Waals surface area contributed by atoms with Gasteiger partial charge in [0.25, 0.3) is 0 Å². The van der Waals surface area contributed by atoms with Gasteiger partial charge in [0.2, 0.25) is 0 Å². The molecule has 2 atom stereocenters. The Balaban J connectivity index is 1.66. The van der Waals surface area contributed by atoms with Crippen LogP contribution in [0.3, 0.4) is 0 Å². The van der Waals surface area contributed by atoms with Gasteiger partial charge in [0.05, 0.1) is 17.4 Å². The second kappa shape index (κ2) is 6.92. The van der Waals surface area contributed by atoms with Crippen molar-refractivity contribution in [1.29, 1.82) is 0 Å². The number of hydrogen-bond acceptors (Lipinski definition) is 5. The molecular weight excluding hydrogens is 371 g/mol. The summed E-state index contributed by atoms with van der Waals surface area (Å²) >= 11 is 0. The maximum absolute atomic E-state index is 12.9. The van der Waals surface area contributed by atoms with E-state index in [1.165, 1.54) is 6.92 Å². The molecule has 1 aliphatic heterocycles. The molecule has 1 aromatic heterocycles. The Kier molecular flexibility index (Phi) is 4.69. The first-order valence-corrected chi connectivity index (χ1v) is 9.46. The minimum Gasteiger partial charge on any atom is -0.507 e. The Bertz CT molecular complexity index is 878. The second-order valence-electron chi connectivity index (χ2n) is 7.68. The summed E-state index contributed by atoms with van der Waals surface area (Å²) in [7, 11) is 0. The zero-order valence-corrected chi connectivity index (χ0v) is 15.5. The second-order valence-corrected chi connectivity index (χ2v) is 7.68. The third-order valence-electron chi connectivity index (χ3n) is 5.70. The molecule has 2 heterocycles. The van der Waals surface area contributed by atoms with E-state index in [-0.39, 0.29) is 17.7 Å². The van der Waals surface area contributed by atoms with Crippen LogP contribution < -0.4 is 4.90 Å². The van der Waals surface area contributed by atoms with Gasteiger partial charge in [-0.2, -0.15) is 13.2 Å². The summed E-state index contributed by atoms with van der Waals surface area (Å²) in [4.78, 5) is 2.17. The van der Waals surface area contributed by atoms with Crippen LogP contribution in [0.5, 0.6) is 5.75 Å². The quantitative estimate of drug-likeness (QED) is 0.811. The smallest absolute Gasteiger partial charge is 0.416 e. The number of hydrogen-bond donors (Lipinski definition) is 2. The highest BCUT2D eigenvalue weighted by Crippen LogP contribution is 2.40. The van der Waals surface area contributed by atoms with Crippen molar-refractivity contribution >= 4 is 5.82 Å². The Hall–Kier alpha value is -2.35. The highest BCUT2D eigenvalue weighted by atomic mass is 19.4. The number of phenolic OH excluding ortho intramolecular Hbond substituents is 1. The van der Waals surface area contributed by atoms with Gasteiger partial charge in [0.15, 0.2) is 5.82 Å². The zero-order chi connectivity index (χ0) is 20.1. The maximum atomic E-state index is 12.9. The lowest BCUT2D eigenvalue weighted by atomic mass is 9.92. The number of halogens is 3. The van der Waals surface area contributed by atoms with Gasteiger partial charge in [-0.15, -0.1) is 10.2 Å². The number of fused-ring (bicyclic) bond motifs is 1. The highest BCUT2D eigenvalue weighted by molar-refractivity contribution is 5.73. The number of aromatic hydroxyl groups is 1. The molecule has 28 heavy (non-hydrogen) atoms. The summed E-state index contributed by atoms with van der Waals surface area (Å²) < 4.78 is 38.8.